The van der Waals surface area contributed by atoms with Crippen LogP contribution < -0.4 is 10.6 Å². The third kappa shape index (κ3) is 10.2. The number of rotatable bonds is 9. The van der Waals surface area contributed by atoms with Gasteiger partial charge in [0.2, 0.25) is 29.5 Å². The first-order chi connectivity index (χ1) is 25.8. The minimum Gasteiger partial charge on any atom is -0.342 e. The molecule has 11 nitrogen and oxygen atoms in total. The number of carbonyl (C=O) groups is 6. The Balaban J connectivity index is 1.75. The molecule has 1 fully saturated rings. The molecule has 3 aromatic carbocycles. The van der Waals surface area contributed by atoms with Gasteiger partial charge in [-0.2, -0.15) is 0 Å². The van der Waals surface area contributed by atoms with E-state index in [1.807, 2.05) is 105 Å². The van der Waals surface area contributed by atoms with Gasteiger partial charge >= 0.3 is 0 Å². The molecule has 1 aliphatic heterocycles. The maximum absolute atomic E-state index is 14.3. The van der Waals surface area contributed by atoms with Crippen molar-refractivity contribution < 1.29 is 28.8 Å². The van der Waals surface area contributed by atoms with Crippen LogP contribution in [-0.4, -0.2) is 109 Å². The summed E-state index contributed by atoms with van der Waals surface area (Å²) in [5.74, 6) is -3.62. The van der Waals surface area contributed by atoms with Crippen LogP contribution in [0.2, 0.25) is 0 Å². The third-order valence-corrected chi connectivity index (χ3v) is 11.7. The molecule has 0 aliphatic carbocycles. The zero-order chi connectivity index (χ0) is 39.4. The predicted molar refractivity (Wildman–Crippen MR) is 211 cm³/mol. The van der Waals surface area contributed by atoms with Gasteiger partial charge < -0.3 is 25.3 Å². The minimum atomic E-state index is -1.10. The van der Waals surface area contributed by atoms with Gasteiger partial charge in [-0.15, -0.1) is 11.8 Å². The molecule has 0 unspecified atom stereocenters. The van der Waals surface area contributed by atoms with Crippen LogP contribution in [0.1, 0.15) is 56.7 Å². The Hall–Kier alpha value is -4.97. The van der Waals surface area contributed by atoms with E-state index < -0.39 is 46.4 Å². The number of nitrogens with zero attached hydrogens (tertiary/aromatic N) is 3. The predicted octanol–water partition coefficient (Wildman–Crippen LogP) is 4.10. The van der Waals surface area contributed by atoms with Crippen molar-refractivity contribution in [3.8, 4) is 0 Å². The molecule has 54 heavy (non-hydrogen) atoms. The van der Waals surface area contributed by atoms with Crippen molar-refractivity contribution in [3.63, 3.8) is 0 Å². The van der Waals surface area contributed by atoms with E-state index in [9.17, 15) is 28.8 Å². The first-order valence-corrected chi connectivity index (χ1v) is 19.5. The first kappa shape index (κ1) is 41.8. The van der Waals surface area contributed by atoms with Crippen molar-refractivity contribution >= 4 is 47.1 Å². The standard InChI is InChI=1S/C42H53N5O6S/c1-7-29(3)38-41(53)47(6)26-36(49)43-35(40(52)45(4)25-34(48)24-30(8-2)39(51)46(5)27-37(50)44-38)28-54-42(31-18-12-9-13-19-31,32-20-14-10-15-21-32)33-22-16-11-17-23-33/h9-23,29-30,35,38H,7-8,24-28H2,1-6H3,(H,43,49)(H,44,50)/t29-,30+,35-,38-/m0/s1. The van der Waals surface area contributed by atoms with Gasteiger partial charge in [0.15, 0.2) is 5.78 Å². The summed E-state index contributed by atoms with van der Waals surface area (Å²) >= 11 is 1.49. The molecule has 4 atom stereocenters. The molecule has 0 aromatic heterocycles. The number of benzene rings is 3. The number of hydrogen-bond acceptors (Lipinski definition) is 7. The van der Waals surface area contributed by atoms with E-state index >= 15 is 0 Å². The number of ketones is 1. The SMILES string of the molecule is CC[C@@H]1CC(=O)CN(C)C(=O)[C@H](CSC(c2ccccc2)(c2ccccc2)c2ccccc2)NC(=O)CN(C)C(=O)[C@H]([C@@H](C)CC)NC(=O)CN(C)C1=O. The Bertz CT molecular complexity index is 1660. The maximum Gasteiger partial charge on any atom is 0.246 e. The fourth-order valence-corrected chi connectivity index (χ4v) is 8.33. The van der Waals surface area contributed by atoms with E-state index in [0.717, 1.165) is 16.7 Å². The zero-order valence-corrected chi connectivity index (χ0v) is 32.9. The van der Waals surface area contributed by atoms with Crippen molar-refractivity contribution in [1.29, 1.82) is 0 Å². The van der Waals surface area contributed by atoms with Gasteiger partial charge in [-0.25, -0.2) is 0 Å². The molecule has 1 aliphatic rings. The second kappa shape index (κ2) is 19.4. The maximum atomic E-state index is 14.3. The van der Waals surface area contributed by atoms with Crippen molar-refractivity contribution in [2.75, 3.05) is 46.5 Å². The molecule has 0 radical (unpaired) electrons. The molecule has 0 spiro atoms. The Morgan fingerprint density at radius 3 is 1.56 bits per heavy atom. The van der Waals surface area contributed by atoms with Gasteiger partial charge in [-0.05, 0) is 29.0 Å². The summed E-state index contributed by atoms with van der Waals surface area (Å²) in [6, 6.07) is 27.8. The van der Waals surface area contributed by atoms with Crippen LogP contribution >= 0.6 is 11.8 Å². The quantitative estimate of drug-likeness (QED) is 0.314. The molecular formula is C42H53N5O6S. The molecule has 1 heterocycles. The number of amides is 5. The van der Waals surface area contributed by atoms with E-state index in [1.165, 1.54) is 47.6 Å². The lowest BCUT2D eigenvalue weighted by Crippen LogP contribution is -2.56. The zero-order valence-electron chi connectivity index (χ0n) is 32.1. The molecule has 3 aromatic rings. The van der Waals surface area contributed by atoms with Gasteiger partial charge in [-0.3, -0.25) is 28.8 Å². The van der Waals surface area contributed by atoms with Gasteiger partial charge in [0.1, 0.15) is 12.1 Å². The highest BCUT2D eigenvalue weighted by atomic mass is 32.2. The first-order valence-electron chi connectivity index (χ1n) is 18.5. The molecule has 288 valence electrons. The fourth-order valence-electron chi connectivity index (χ4n) is 6.78. The van der Waals surface area contributed by atoms with Crippen molar-refractivity contribution in [2.45, 2.75) is 56.9 Å². The van der Waals surface area contributed by atoms with Gasteiger partial charge in [0.05, 0.1) is 24.4 Å². The van der Waals surface area contributed by atoms with Gasteiger partial charge in [0.25, 0.3) is 0 Å². The fraction of sp³-hybridized carbons (Fsp3) is 0.429. The monoisotopic (exact) mass is 755 g/mol. The number of nitrogens with one attached hydrogen (secondary N) is 2. The second-order valence-corrected chi connectivity index (χ2v) is 15.3. The highest BCUT2D eigenvalue weighted by Crippen LogP contribution is 2.48. The molecule has 4 rings (SSSR count). The number of Topliss-reactive ketones (excluding diaryl/α,β-unsaturated/α-hetero) is 1. The van der Waals surface area contributed by atoms with Crippen molar-refractivity contribution in [3.05, 3.63) is 108 Å². The van der Waals surface area contributed by atoms with Crippen LogP contribution in [0.15, 0.2) is 91.0 Å². The Kier molecular flexibility index (Phi) is 15.0. The normalized spacial score (nSPS) is 20.9. The summed E-state index contributed by atoms with van der Waals surface area (Å²) in [5.41, 5.74) is 2.91. The smallest absolute Gasteiger partial charge is 0.246 e. The van der Waals surface area contributed by atoms with Crippen LogP contribution in [0.5, 0.6) is 0 Å². The summed E-state index contributed by atoms with van der Waals surface area (Å²) in [7, 11) is 4.47. The van der Waals surface area contributed by atoms with E-state index in [0.29, 0.717) is 12.8 Å². The molecule has 5 amide bonds. The molecular weight excluding hydrogens is 703 g/mol. The van der Waals surface area contributed by atoms with Gasteiger partial charge in [0, 0.05) is 39.2 Å². The lowest BCUT2D eigenvalue weighted by molar-refractivity contribution is -0.143. The number of hydrogen-bond donors (Lipinski definition) is 2. The van der Waals surface area contributed by atoms with Crippen LogP contribution in [0.25, 0.3) is 0 Å². The molecule has 0 bridgehead atoms. The lowest BCUT2D eigenvalue weighted by atomic mass is 9.84. The van der Waals surface area contributed by atoms with Crippen LogP contribution in [-0.2, 0) is 33.5 Å². The summed E-state index contributed by atoms with van der Waals surface area (Å²) in [6.45, 7) is 4.56. The summed E-state index contributed by atoms with van der Waals surface area (Å²) in [5, 5.41) is 5.67. The van der Waals surface area contributed by atoms with E-state index in [-0.39, 0.29) is 49.4 Å². The van der Waals surface area contributed by atoms with Crippen molar-refractivity contribution in [2.24, 2.45) is 11.8 Å². The highest BCUT2D eigenvalue weighted by molar-refractivity contribution is 8.00. The number of thioether (sulfide) groups is 1. The topological polar surface area (TPSA) is 136 Å². The largest absolute Gasteiger partial charge is 0.342 e. The highest BCUT2D eigenvalue weighted by Gasteiger charge is 2.40. The van der Waals surface area contributed by atoms with E-state index in [2.05, 4.69) is 10.6 Å². The Morgan fingerprint density at radius 2 is 1.09 bits per heavy atom. The number of likely N-dealkylation sites (N-methyl/N-ethyl adjacent to an activating group) is 3. The molecule has 1 saturated heterocycles. The molecule has 0 saturated carbocycles. The number of carbonyl (C=O) groups excluding carboxylic acids is 6. The van der Waals surface area contributed by atoms with Crippen molar-refractivity contribution in [1.82, 2.24) is 25.3 Å². The van der Waals surface area contributed by atoms with Crippen LogP contribution in [0.4, 0.5) is 0 Å². The summed E-state index contributed by atoms with van der Waals surface area (Å²) in [4.78, 5) is 85.6. The molecule has 2 N–H and O–H groups in total. The summed E-state index contributed by atoms with van der Waals surface area (Å²) < 4.78 is -0.801. The minimum absolute atomic E-state index is 0.103. The van der Waals surface area contributed by atoms with E-state index in [1.54, 1.807) is 6.92 Å². The average molecular weight is 756 g/mol. The second-order valence-electron chi connectivity index (χ2n) is 14.1. The molecule has 12 heteroatoms. The lowest BCUT2D eigenvalue weighted by Gasteiger charge is -2.37. The van der Waals surface area contributed by atoms with Crippen LogP contribution in [0.3, 0.4) is 0 Å². The summed E-state index contributed by atoms with van der Waals surface area (Å²) in [6.07, 6.45) is 0.795. The third-order valence-electron chi connectivity index (χ3n) is 10.1. The average Bonchev–Trinajstić information content (AvgIpc) is 3.18. The Morgan fingerprint density at radius 1 is 0.648 bits per heavy atom. The van der Waals surface area contributed by atoms with Gasteiger partial charge in [-0.1, -0.05) is 118 Å². The Labute approximate surface area is 323 Å². The van der Waals surface area contributed by atoms with Crippen LogP contribution in [0, 0.1) is 11.8 Å². The van der Waals surface area contributed by atoms with E-state index in [4.69, 9.17) is 0 Å².